The number of methoxy groups -OCH3 is 2. The lowest BCUT2D eigenvalue weighted by molar-refractivity contribution is 0.149. The Morgan fingerprint density at radius 3 is 2.32 bits per heavy atom. The topological polar surface area (TPSA) is 72.8 Å². The Hall–Kier alpha value is -1.27. The van der Waals surface area contributed by atoms with E-state index in [4.69, 9.17) is 9.47 Å². The molecule has 6 heteroatoms. The fraction of sp³-hybridized carbons (Fsp3) is 0.538. The molecular formula is C13H18O5S. The van der Waals surface area contributed by atoms with E-state index < -0.39 is 15.4 Å². The van der Waals surface area contributed by atoms with Crippen LogP contribution in [0.15, 0.2) is 17.0 Å². The Morgan fingerprint density at radius 2 is 1.89 bits per heavy atom. The molecule has 1 aliphatic rings. The molecule has 1 aromatic carbocycles. The molecule has 0 unspecified atom stereocenters. The first-order valence-electron chi connectivity index (χ1n) is 5.96. The van der Waals surface area contributed by atoms with Crippen LogP contribution >= 0.6 is 0 Å². The summed E-state index contributed by atoms with van der Waals surface area (Å²) >= 11 is 0. The third-order valence-electron chi connectivity index (χ3n) is 3.29. The zero-order valence-electron chi connectivity index (χ0n) is 11.3. The smallest absolute Gasteiger partial charge is 0.179 e. The predicted molar refractivity (Wildman–Crippen MR) is 70.5 cm³/mol. The van der Waals surface area contributed by atoms with Crippen LogP contribution < -0.4 is 9.47 Å². The highest BCUT2D eigenvalue weighted by Gasteiger charge is 2.41. The Morgan fingerprint density at radius 1 is 1.26 bits per heavy atom. The SMILES string of the molecule is COc1cc(CC2(O)CC2)c(OC)c(S(C)(=O)=O)c1. The fourth-order valence-corrected chi connectivity index (χ4v) is 2.95. The summed E-state index contributed by atoms with van der Waals surface area (Å²) in [6, 6.07) is 3.15. The first kappa shape index (κ1) is 14.1. The Labute approximate surface area is 113 Å². The maximum atomic E-state index is 11.8. The van der Waals surface area contributed by atoms with Gasteiger partial charge in [-0.1, -0.05) is 0 Å². The monoisotopic (exact) mass is 286 g/mol. The Kier molecular flexibility index (Phi) is 3.49. The van der Waals surface area contributed by atoms with E-state index in [0.717, 1.165) is 19.1 Å². The predicted octanol–water partition coefficient (Wildman–Crippen LogP) is 1.17. The van der Waals surface area contributed by atoms with Gasteiger partial charge in [0.2, 0.25) is 0 Å². The van der Waals surface area contributed by atoms with Gasteiger partial charge in [0.05, 0.1) is 19.8 Å². The number of ether oxygens (including phenoxy) is 2. The van der Waals surface area contributed by atoms with Gasteiger partial charge in [-0.2, -0.15) is 0 Å². The minimum absolute atomic E-state index is 0.0913. The summed E-state index contributed by atoms with van der Waals surface area (Å²) in [7, 11) is -0.519. The van der Waals surface area contributed by atoms with E-state index in [1.165, 1.54) is 20.3 Å². The zero-order valence-corrected chi connectivity index (χ0v) is 12.1. The molecule has 5 nitrogen and oxygen atoms in total. The number of rotatable bonds is 5. The summed E-state index contributed by atoms with van der Waals surface area (Å²) in [5.41, 5.74) is -0.0729. The third-order valence-corrected chi connectivity index (χ3v) is 4.39. The number of hydrogen-bond acceptors (Lipinski definition) is 5. The van der Waals surface area contributed by atoms with Crippen LogP contribution in [0.25, 0.3) is 0 Å². The van der Waals surface area contributed by atoms with Gasteiger partial charge in [0.1, 0.15) is 16.4 Å². The van der Waals surface area contributed by atoms with E-state index in [1.807, 2.05) is 0 Å². The summed E-state index contributed by atoms with van der Waals surface area (Å²) in [4.78, 5) is 0.0913. The molecule has 0 aromatic heterocycles. The Balaban J connectivity index is 2.57. The summed E-state index contributed by atoms with van der Waals surface area (Å²) < 4.78 is 34.0. The summed E-state index contributed by atoms with van der Waals surface area (Å²) in [5, 5.41) is 10.0. The minimum Gasteiger partial charge on any atom is -0.497 e. The second kappa shape index (κ2) is 4.68. The number of aliphatic hydroxyl groups is 1. The molecule has 1 fully saturated rings. The quantitative estimate of drug-likeness (QED) is 0.879. The van der Waals surface area contributed by atoms with E-state index in [2.05, 4.69) is 0 Å². The molecule has 0 bridgehead atoms. The van der Waals surface area contributed by atoms with Crippen molar-refractivity contribution in [2.45, 2.75) is 29.8 Å². The van der Waals surface area contributed by atoms with Crippen molar-refractivity contribution >= 4 is 9.84 Å². The van der Waals surface area contributed by atoms with Crippen LogP contribution in [0.1, 0.15) is 18.4 Å². The van der Waals surface area contributed by atoms with Gasteiger partial charge in [0.15, 0.2) is 9.84 Å². The molecule has 0 radical (unpaired) electrons. The molecule has 0 aliphatic heterocycles. The molecule has 0 saturated heterocycles. The van der Waals surface area contributed by atoms with Crippen LogP contribution in [0.5, 0.6) is 11.5 Å². The molecule has 2 rings (SSSR count). The standard InChI is InChI=1S/C13H18O5S/c1-17-10-6-9(8-13(14)4-5-13)12(18-2)11(7-10)19(3,15)16/h6-7,14H,4-5,8H2,1-3H3. The van der Waals surface area contributed by atoms with Gasteiger partial charge in [-0.3, -0.25) is 0 Å². The number of sulfone groups is 1. The van der Waals surface area contributed by atoms with Crippen molar-refractivity contribution in [1.29, 1.82) is 0 Å². The average molecular weight is 286 g/mol. The first-order chi connectivity index (χ1) is 8.79. The number of benzene rings is 1. The van der Waals surface area contributed by atoms with E-state index in [1.54, 1.807) is 6.07 Å². The van der Waals surface area contributed by atoms with Crippen molar-refractivity contribution in [3.8, 4) is 11.5 Å². The van der Waals surface area contributed by atoms with Crippen LogP contribution in [-0.4, -0.2) is 39.6 Å². The molecule has 0 heterocycles. The summed E-state index contributed by atoms with van der Waals surface area (Å²) in [6.07, 6.45) is 2.94. The molecule has 19 heavy (non-hydrogen) atoms. The fourth-order valence-electron chi connectivity index (χ4n) is 2.06. The van der Waals surface area contributed by atoms with Gasteiger partial charge in [0.25, 0.3) is 0 Å². The second-order valence-electron chi connectivity index (χ2n) is 4.99. The maximum Gasteiger partial charge on any atom is 0.179 e. The lowest BCUT2D eigenvalue weighted by atomic mass is 10.0. The van der Waals surface area contributed by atoms with Crippen LogP contribution in [-0.2, 0) is 16.3 Å². The molecule has 106 valence electrons. The molecular weight excluding hydrogens is 268 g/mol. The van der Waals surface area contributed by atoms with Crippen molar-refractivity contribution in [1.82, 2.24) is 0 Å². The molecule has 0 atom stereocenters. The summed E-state index contributed by atoms with van der Waals surface area (Å²) in [5.74, 6) is 0.740. The third kappa shape index (κ3) is 3.01. The lowest BCUT2D eigenvalue weighted by Crippen LogP contribution is -2.13. The normalized spacial score (nSPS) is 17.1. The highest BCUT2D eigenvalue weighted by molar-refractivity contribution is 7.90. The van der Waals surface area contributed by atoms with E-state index in [9.17, 15) is 13.5 Å². The average Bonchev–Trinajstić information content (AvgIpc) is 3.04. The minimum atomic E-state index is -3.42. The maximum absolute atomic E-state index is 11.8. The van der Waals surface area contributed by atoms with Gasteiger partial charge >= 0.3 is 0 Å². The first-order valence-corrected chi connectivity index (χ1v) is 7.85. The van der Waals surface area contributed by atoms with E-state index in [0.29, 0.717) is 23.5 Å². The molecule has 1 aliphatic carbocycles. The van der Waals surface area contributed by atoms with Crippen LogP contribution in [0.4, 0.5) is 0 Å². The molecule has 0 spiro atoms. The van der Waals surface area contributed by atoms with Crippen molar-refractivity contribution in [2.24, 2.45) is 0 Å². The lowest BCUT2D eigenvalue weighted by Gasteiger charge is -2.16. The van der Waals surface area contributed by atoms with Gasteiger partial charge in [0, 0.05) is 24.3 Å². The molecule has 1 aromatic rings. The van der Waals surface area contributed by atoms with E-state index in [-0.39, 0.29) is 4.90 Å². The molecule has 1 N–H and O–H groups in total. The van der Waals surface area contributed by atoms with Gasteiger partial charge in [-0.05, 0) is 18.9 Å². The molecule has 0 amide bonds. The van der Waals surface area contributed by atoms with Gasteiger partial charge in [-0.15, -0.1) is 0 Å². The highest BCUT2D eigenvalue weighted by atomic mass is 32.2. The number of hydrogen-bond donors (Lipinski definition) is 1. The highest BCUT2D eigenvalue weighted by Crippen LogP contribution is 2.42. The zero-order chi connectivity index (χ0) is 14.3. The van der Waals surface area contributed by atoms with Gasteiger partial charge < -0.3 is 14.6 Å². The summed E-state index contributed by atoms with van der Waals surface area (Å²) in [6.45, 7) is 0. The largest absolute Gasteiger partial charge is 0.497 e. The van der Waals surface area contributed by atoms with Crippen molar-refractivity contribution in [3.63, 3.8) is 0 Å². The second-order valence-corrected chi connectivity index (χ2v) is 6.98. The van der Waals surface area contributed by atoms with Crippen molar-refractivity contribution in [2.75, 3.05) is 20.5 Å². The van der Waals surface area contributed by atoms with E-state index >= 15 is 0 Å². The van der Waals surface area contributed by atoms with Crippen LogP contribution in [0.2, 0.25) is 0 Å². The molecule has 1 saturated carbocycles. The van der Waals surface area contributed by atoms with Crippen molar-refractivity contribution < 1.29 is 23.0 Å². The van der Waals surface area contributed by atoms with Crippen LogP contribution in [0, 0.1) is 0 Å². The Bertz CT molecular complexity index is 587. The van der Waals surface area contributed by atoms with Gasteiger partial charge in [-0.25, -0.2) is 8.42 Å². The van der Waals surface area contributed by atoms with Crippen molar-refractivity contribution in [3.05, 3.63) is 17.7 Å². The van der Waals surface area contributed by atoms with Crippen LogP contribution in [0.3, 0.4) is 0 Å².